The van der Waals surface area contributed by atoms with E-state index >= 15 is 0 Å². The molecule has 0 rings (SSSR count). The van der Waals surface area contributed by atoms with E-state index in [-0.39, 0.29) is 12.5 Å². The smallest absolute Gasteiger partial charge is 0.264 e. The van der Waals surface area contributed by atoms with Crippen LogP contribution in [-0.2, 0) is 14.6 Å². The first-order valence-corrected chi connectivity index (χ1v) is 15.0. The van der Waals surface area contributed by atoms with E-state index in [1.54, 1.807) is 0 Å². The Bertz CT molecular complexity index is 450. The van der Waals surface area contributed by atoms with Crippen molar-refractivity contribution in [1.29, 1.82) is 0 Å². The first kappa shape index (κ1) is 30.9. The summed E-state index contributed by atoms with van der Waals surface area (Å²) >= 11 is 0. The lowest BCUT2D eigenvalue weighted by Crippen LogP contribution is -2.14. The molecule has 0 aromatic rings. The predicted molar refractivity (Wildman–Crippen MR) is 134 cm³/mol. The van der Waals surface area contributed by atoms with Crippen LogP contribution in [0.5, 0.6) is 0 Å². The molecule has 0 radical (unpaired) electrons. The lowest BCUT2D eigenvalue weighted by Gasteiger charge is -2.16. The molecule has 4 nitrogen and oxygen atoms in total. The molecule has 0 aliphatic heterocycles. The molecule has 0 aliphatic rings. The highest BCUT2D eigenvalue weighted by atomic mass is 32.3. The number of unbranched alkanes of at least 4 members (excludes halogenated alkanes) is 18. The summed E-state index contributed by atoms with van der Waals surface area (Å²) in [6.45, 7) is 4.61. The number of rotatable bonds is 25. The highest BCUT2D eigenvalue weighted by Crippen LogP contribution is 2.20. The first-order chi connectivity index (χ1) is 15.0. The molecule has 0 fully saturated rings. The average Bonchev–Trinajstić information content (AvgIpc) is 2.73. The third-order valence-corrected chi connectivity index (χ3v) is 6.82. The van der Waals surface area contributed by atoms with Gasteiger partial charge in [-0.25, -0.2) is 4.18 Å². The van der Waals surface area contributed by atoms with Crippen LogP contribution < -0.4 is 0 Å². The van der Waals surface area contributed by atoms with Crippen molar-refractivity contribution in [1.82, 2.24) is 0 Å². The van der Waals surface area contributed by atoms with Gasteiger partial charge in [0.05, 0.1) is 6.61 Å². The Balaban J connectivity index is 3.61. The van der Waals surface area contributed by atoms with Gasteiger partial charge in [0.15, 0.2) is 0 Å². The van der Waals surface area contributed by atoms with Crippen LogP contribution in [0.25, 0.3) is 0 Å². The van der Waals surface area contributed by atoms with Gasteiger partial charge in [0.2, 0.25) is 0 Å². The Morgan fingerprint density at radius 1 is 0.548 bits per heavy atom. The van der Waals surface area contributed by atoms with Gasteiger partial charge in [-0.3, -0.25) is 4.55 Å². The van der Waals surface area contributed by atoms with Gasteiger partial charge in [-0.1, -0.05) is 142 Å². The van der Waals surface area contributed by atoms with Gasteiger partial charge >= 0.3 is 10.4 Å². The zero-order chi connectivity index (χ0) is 23.0. The van der Waals surface area contributed by atoms with Crippen LogP contribution in [-0.4, -0.2) is 19.6 Å². The van der Waals surface area contributed by atoms with Crippen LogP contribution >= 0.6 is 0 Å². The lowest BCUT2D eigenvalue weighted by molar-refractivity contribution is 0.204. The molecule has 0 heterocycles. The number of hydrogen-bond acceptors (Lipinski definition) is 3. The van der Waals surface area contributed by atoms with E-state index in [0.29, 0.717) is 0 Å². The fourth-order valence-corrected chi connectivity index (χ4v) is 4.70. The van der Waals surface area contributed by atoms with Crippen LogP contribution in [0.1, 0.15) is 155 Å². The average molecular weight is 463 g/mol. The van der Waals surface area contributed by atoms with Crippen molar-refractivity contribution in [3.8, 4) is 0 Å². The molecule has 0 spiro atoms. The topological polar surface area (TPSA) is 63.6 Å². The zero-order valence-corrected chi connectivity index (χ0v) is 21.7. The standard InChI is InChI=1S/C26H54O4S/c1-3-5-7-9-10-11-12-13-14-15-16-17-18-20-22-24-26(25-30-31(27,28)29)23-21-19-8-6-4-2/h26H,3-25H2,1-2H3,(H,27,28,29). The van der Waals surface area contributed by atoms with Gasteiger partial charge in [-0.15, -0.1) is 0 Å². The van der Waals surface area contributed by atoms with Gasteiger partial charge in [0.1, 0.15) is 0 Å². The lowest BCUT2D eigenvalue weighted by atomic mass is 9.95. The van der Waals surface area contributed by atoms with E-state index in [1.807, 2.05) is 0 Å². The van der Waals surface area contributed by atoms with Gasteiger partial charge in [0, 0.05) is 0 Å². The van der Waals surface area contributed by atoms with Crippen LogP contribution in [0.15, 0.2) is 0 Å². The molecule has 0 saturated carbocycles. The summed E-state index contributed by atoms with van der Waals surface area (Å²) in [5, 5.41) is 0. The van der Waals surface area contributed by atoms with Crippen molar-refractivity contribution in [3.05, 3.63) is 0 Å². The Morgan fingerprint density at radius 3 is 1.13 bits per heavy atom. The normalized spacial score (nSPS) is 13.0. The number of hydrogen-bond donors (Lipinski definition) is 1. The molecule has 1 atom stereocenters. The molecule has 0 saturated heterocycles. The zero-order valence-electron chi connectivity index (χ0n) is 20.9. The maximum absolute atomic E-state index is 10.9. The fraction of sp³-hybridized carbons (Fsp3) is 1.00. The van der Waals surface area contributed by atoms with Gasteiger partial charge < -0.3 is 0 Å². The maximum Gasteiger partial charge on any atom is 0.397 e. The van der Waals surface area contributed by atoms with Crippen molar-refractivity contribution in [2.75, 3.05) is 6.61 Å². The summed E-state index contributed by atoms with van der Waals surface area (Å²) in [4.78, 5) is 0. The third-order valence-electron chi connectivity index (χ3n) is 6.38. The van der Waals surface area contributed by atoms with E-state index in [0.717, 1.165) is 25.7 Å². The monoisotopic (exact) mass is 462 g/mol. The first-order valence-electron chi connectivity index (χ1n) is 13.6. The van der Waals surface area contributed by atoms with E-state index in [4.69, 9.17) is 4.55 Å². The van der Waals surface area contributed by atoms with Crippen molar-refractivity contribution in [3.63, 3.8) is 0 Å². The van der Waals surface area contributed by atoms with Crippen LogP contribution in [0.2, 0.25) is 0 Å². The second-order valence-corrected chi connectivity index (χ2v) is 10.6. The quantitative estimate of drug-likeness (QED) is 0.108. The van der Waals surface area contributed by atoms with E-state index < -0.39 is 10.4 Å². The molecular formula is C26H54O4S. The molecule has 0 aromatic carbocycles. The molecular weight excluding hydrogens is 408 g/mol. The Labute approximate surface area is 195 Å². The SMILES string of the molecule is CCCCCCCCCCCCCCCCCC(CCCCCCC)COS(=O)(=O)O. The van der Waals surface area contributed by atoms with Crippen molar-refractivity contribution in [2.24, 2.45) is 5.92 Å². The molecule has 5 heteroatoms. The minimum Gasteiger partial charge on any atom is -0.264 e. The molecule has 0 amide bonds. The highest BCUT2D eigenvalue weighted by molar-refractivity contribution is 7.80. The van der Waals surface area contributed by atoms with Crippen molar-refractivity contribution in [2.45, 2.75) is 155 Å². The van der Waals surface area contributed by atoms with E-state index in [1.165, 1.54) is 116 Å². The molecule has 188 valence electrons. The summed E-state index contributed by atoms with van der Waals surface area (Å²) in [5.74, 6) is 0.241. The molecule has 0 aliphatic carbocycles. The van der Waals surface area contributed by atoms with Crippen LogP contribution in [0.3, 0.4) is 0 Å². The molecule has 31 heavy (non-hydrogen) atoms. The van der Waals surface area contributed by atoms with E-state index in [2.05, 4.69) is 18.0 Å². The fourth-order valence-electron chi connectivity index (χ4n) is 4.33. The predicted octanol–water partition coefficient (Wildman–Crippen LogP) is 9.04. The summed E-state index contributed by atoms with van der Waals surface area (Å²) in [6.07, 6.45) is 28.4. The Hall–Kier alpha value is -0.130. The van der Waals surface area contributed by atoms with Gasteiger partial charge in [-0.05, 0) is 18.8 Å². The van der Waals surface area contributed by atoms with Gasteiger partial charge in [0.25, 0.3) is 0 Å². The summed E-state index contributed by atoms with van der Waals surface area (Å²) in [7, 11) is -4.32. The largest absolute Gasteiger partial charge is 0.397 e. The summed E-state index contributed by atoms with van der Waals surface area (Å²) < 4.78 is 35.3. The molecule has 0 bridgehead atoms. The molecule has 1 unspecified atom stereocenters. The maximum atomic E-state index is 10.9. The minimum atomic E-state index is -4.32. The minimum absolute atomic E-state index is 0.130. The highest BCUT2D eigenvalue weighted by Gasteiger charge is 2.13. The second-order valence-electron chi connectivity index (χ2n) is 9.52. The van der Waals surface area contributed by atoms with Crippen molar-refractivity contribution < 1.29 is 17.2 Å². The molecule has 1 N–H and O–H groups in total. The summed E-state index contributed by atoms with van der Waals surface area (Å²) in [6, 6.07) is 0. The van der Waals surface area contributed by atoms with Gasteiger partial charge in [-0.2, -0.15) is 8.42 Å². The van der Waals surface area contributed by atoms with E-state index in [9.17, 15) is 8.42 Å². The van der Waals surface area contributed by atoms with Crippen LogP contribution in [0, 0.1) is 5.92 Å². The Kier molecular flexibility index (Phi) is 22.9. The van der Waals surface area contributed by atoms with Crippen LogP contribution in [0.4, 0.5) is 0 Å². The third kappa shape index (κ3) is 26.0. The van der Waals surface area contributed by atoms with Crippen molar-refractivity contribution >= 4 is 10.4 Å². The Morgan fingerprint density at radius 2 is 0.839 bits per heavy atom. The second kappa shape index (κ2) is 23.0. The molecule has 0 aromatic heterocycles. The summed E-state index contributed by atoms with van der Waals surface area (Å²) in [5.41, 5.74) is 0.